The summed E-state index contributed by atoms with van der Waals surface area (Å²) in [7, 11) is 0. The summed E-state index contributed by atoms with van der Waals surface area (Å²) in [6.07, 6.45) is 0. The van der Waals surface area contributed by atoms with Crippen molar-refractivity contribution >= 4 is 75.5 Å². The third-order valence-electron chi connectivity index (χ3n) is 4.24. The molecule has 22 heavy (non-hydrogen) atoms. The number of aromatic nitrogens is 2. The molecule has 4 heteroatoms. The van der Waals surface area contributed by atoms with Gasteiger partial charge in [0, 0.05) is 52.6 Å². The standard InChI is InChI=1S/C18H10Br2N2/c19-9-1-3-15-11(5-9)13-7-14-12-6-10(20)2-4-16(12)22-18(14)8-17(13)21-15/h1-8,21-22H. The fraction of sp³-hybridized carbons (Fsp3) is 0. The van der Waals surface area contributed by atoms with E-state index in [1.54, 1.807) is 0 Å². The fourth-order valence-corrected chi connectivity index (χ4v) is 3.96. The van der Waals surface area contributed by atoms with Crippen molar-refractivity contribution in [2.75, 3.05) is 0 Å². The summed E-state index contributed by atoms with van der Waals surface area (Å²) in [5.41, 5.74) is 4.64. The number of hydrogen-bond acceptors (Lipinski definition) is 0. The third kappa shape index (κ3) is 1.71. The Morgan fingerprint density at radius 1 is 0.500 bits per heavy atom. The van der Waals surface area contributed by atoms with Gasteiger partial charge in [-0.3, -0.25) is 0 Å². The fourth-order valence-electron chi connectivity index (χ4n) is 3.24. The minimum atomic E-state index is 1.10. The van der Waals surface area contributed by atoms with Crippen LogP contribution in [-0.2, 0) is 0 Å². The van der Waals surface area contributed by atoms with E-state index in [2.05, 4.69) is 90.4 Å². The molecule has 106 valence electrons. The summed E-state index contributed by atoms with van der Waals surface area (Å²) in [4.78, 5) is 7.01. The van der Waals surface area contributed by atoms with Gasteiger partial charge in [-0.25, -0.2) is 0 Å². The summed E-state index contributed by atoms with van der Waals surface area (Å²) in [5.74, 6) is 0. The van der Waals surface area contributed by atoms with Gasteiger partial charge in [0.25, 0.3) is 0 Å². The summed E-state index contributed by atoms with van der Waals surface area (Å²) < 4.78 is 2.20. The molecule has 2 heterocycles. The molecule has 3 aromatic carbocycles. The van der Waals surface area contributed by atoms with Gasteiger partial charge >= 0.3 is 0 Å². The zero-order valence-electron chi connectivity index (χ0n) is 11.4. The van der Waals surface area contributed by atoms with E-state index in [0.717, 1.165) is 31.0 Å². The van der Waals surface area contributed by atoms with Gasteiger partial charge in [0.05, 0.1) is 0 Å². The summed E-state index contributed by atoms with van der Waals surface area (Å²) in [6, 6.07) is 17.2. The second-order valence-corrected chi connectivity index (χ2v) is 7.40. The molecule has 0 amide bonds. The molecule has 0 saturated heterocycles. The van der Waals surface area contributed by atoms with Crippen LogP contribution < -0.4 is 0 Å². The van der Waals surface area contributed by atoms with Gasteiger partial charge in [0.2, 0.25) is 0 Å². The summed E-state index contributed by atoms with van der Waals surface area (Å²) >= 11 is 7.14. The molecule has 5 rings (SSSR count). The van der Waals surface area contributed by atoms with E-state index < -0.39 is 0 Å². The molecule has 0 unspecified atom stereocenters. The summed E-state index contributed by atoms with van der Waals surface area (Å²) in [6.45, 7) is 0. The van der Waals surface area contributed by atoms with Gasteiger partial charge in [0.1, 0.15) is 0 Å². The minimum absolute atomic E-state index is 1.10. The van der Waals surface area contributed by atoms with Crippen LogP contribution in [0.5, 0.6) is 0 Å². The Morgan fingerprint density at radius 2 is 0.955 bits per heavy atom. The molecule has 0 atom stereocenters. The van der Waals surface area contributed by atoms with Crippen molar-refractivity contribution in [1.82, 2.24) is 9.97 Å². The number of hydrogen-bond donors (Lipinski definition) is 2. The Morgan fingerprint density at radius 3 is 1.45 bits per heavy atom. The average molecular weight is 414 g/mol. The monoisotopic (exact) mass is 412 g/mol. The summed E-state index contributed by atoms with van der Waals surface area (Å²) in [5, 5.41) is 5.00. The Hall–Kier alpha value is -1.78. The molecule has 5 aromatic rings. The van der Waals surface area contributed by atoms with Gasteiger partial charge in [0.15, 0.2) is 0 Å². The van der Waals surface area contributed by atoms with Gasteiger partial charge in [-0.1, -0.05) is 31.9 Å². The van der Waals surface area contributed by atoms with Crippen LogP contribution in [0.3, 0.4) is 0 Å². The molecule has 0 spiro atoms. The zero-order valence-corrected chi connectivity index (χ0v) is 14.5. The molecule has 2 nitrogen and oxygen atoms in total. The maximum atomic E-state index is 3.57. The first-order valence-electron chi connectivity index (χ1n) is 7.01. The van der Waals surface area contributed by atoms with E-state index in [9.17, 15) is 0 Å². The lowest BCUT2D eigenvalue weighted by molar-refractivity contribution is 1.52. The first-order chi connectivity index (χ1) is 10.7. The topological polar surface area (TPSA) is 31.6 Å². The van der Waals surface area contributed by atoms with Crippen LogP contribution in [0.4, 0.5) is 0 Å². The Bertz CT molecular complexity index is 1110. The van der Waals surface area contributed by atoms with Crippen LogP contribution in [0.1, 0.15) is 0 Å². The minimum Gasteiger partial charge on any atom is -0.354 e. The van der Waals surface area contributed by atoms with Crippen LogP contribution in [0.2, 0.25) is 0 Å². The number of halogens is 2. The van der Waals surface area contributed by atoms with Gasteiger partial charge < -0.3 is 9.97 Å². The quantitative estimate of drug-likeness (QED) is 0.291. The van der Waals surface area contributed by atoms with Crippen molar-refractivity contribution in [3.63, 3.8) is 0 Å². The van der Waals surface area contributed by atoms with Crippen LogP contribution in [0.15, 0.2) is 57.5 Å². The molecule has 0 radical (unpaired) electrons. The Kier molecular flexibility index (Phi) is 2.53. The van der Waals surface area contributed by atoms with Crippen molar-refractivity contribution in [2.24, 2.45) is 0 Å². The number of nitrogens with one attached hydrogen (secondary N) is 2. The molecular weight excluding hydrogens is 404 g/mol. The number of H-pyrrole nitrogens is 2. The van der Waals surface area contributed by atoms with Crippen molar-refractivity contribution in [2.45, 2.75) is 0 Å². The lowest BCUT2D eigenvalue weighted by Gasteiger charge is -1.95. The molecule has 0 aliphatic heterocycles. The molecular formula is C18H10Br2N2. The van der Waals surface area contributed by atoms with E-state index in [0.29, 0.717) is 0 Å². The number of benzene rings is 3. The second-order valence-electron chi connectivity index (χ2n) is 5.57. The first-order valence-corrected chi connectivity index (χ1v) is 8.59. The van der Waals surface area contributed by atoms with Gasteiger partial charge in [-0.2, -0.15) is 0 Å². The van der Waals surface area contributed by atoms with Crippen LogP contribution in [0.25, 0.3) is 43.6 Å². The highest BCUT2D eigenvalue weighted by Crippen LogP contribution is 2.34. The lowest BCUT2D eigenvalue weighted by Crippen LogP contribution is -1.70. The molecule has 0 aliphatic rings. The van der Waals surface area contributed by atoms with Gasteiger partial charge in [-0.05, 0) is 48.5 Å². The molecule has 0 saturated carbocycles. The first kappa shape index (κ1) is 12.7. The second kappa shape index (κ2) is 4.37. The highest BCUT2D eigenvalue weighted by atomic mass is 79.9. The van der Waals surface area contributed by atoms with Crippen molar-refractivity contribution in [3.05, 3.63) is 57.5 Å². The average Bonchev–Trinajstić information content (AvgIpc) is 3.02. The molecule has 0 bridgehead atoms. The van der Waals surface area contributed by atoms with E-state index in [-0.39, 0.29) is 0 Å². The normalized spacial score (nSPS) is 12.1. The van der Waals surface area contributed by atoms with Crippen LogP contribution in [0, 0.1) is 0 Å². The maximum Gasteiger partial charge on any atom is 0.0486 e. The van der Waals surface area contributed by atoms with E-state index in [4.69, 9.17) is 0 Å². The Labute approximate surface area is 142 Å². The largest absolute Gasteiger partial charge is 0.354 e. The number of aromatic amines is 2. The van der Waals surface area contributed by atoms with Crippen molar-refractivity contribution < 1.29 is 0 Å². The lowest BCUT2D eigenvalue weighted by atomic mass is 10.1. The third-order valence-corrected chi connectivity index (χ3v) is 5.23. The van der Waals surface area contributed by atoms with Crippen LogP contribution >= 0.6 is 31.9 Å². The van der Waals surface area contributed by atoms with Gasteiger partial charge in [-0.15, -0.1) is 0 Å². The SMILES string of the molecule is Brc1ccc2[nH]c3cc4[nH]c5ccc(Br)cc5c4cc3c2c1. The highest BCUT2D eigenvalue weighted by Gasteiger charge is 2.10. The highest BCUT2D eigenvalue weighted by molar-refractivity contribution is 9.10. The van der Waals surface area contributed by atoms with Crippen molar-refractivity contribution in [3.8, 4) is 0 Å². The molecule has 0 aliphatic carbocycles. The Balaban J connectivity index is 2.00. The van der Waals surface area contributed by atoms with Crippen LogP contribution in [-0.4, -0.2) is 9.97 Å². The van der Waals surface area contributed by atoms with E-state index in [1.807, 2.05) is 0 Å². The zero-order chi connectivity index (χ0) is 14.8. The predicted octanol–water partition coefficient (Wildman–Crippen LogP) is 6.48. The predicted molar refractivity (Wildman–Crippen MR) is 101 cm³/mol. The molecule has 2 N–H and O–H groups in total. The molecule has 0 fully saturated rings. The maximum absolute atomic E-state index is 3.57. The smallest absolute Gasteiger partial charge is 0.0486 e. The molecule has 2 aromatic heterocycles. The number of rotatable bonds is 0. The number of fused-ring (bicyclic) bond motifs is 6. The van der Waals surface area contributed by atoms with Crippen molar-refractivity contribution in [1.29, 1.82) is 0 Å². The van der Waals surface area contributed by atoms with E-state index >= 15 is 0 Å². The van der Waals surface area contributed by atoms with E-state index in [1.165, 1.54) is 21.5 Å².